The Kier molecular flexibility index (Phi) is 4.55. The van der Waals surface area contributed by atoms with Crippen LogP contribution < -0.4 is 4.72 Å². The van der Waals surface area contributed by atoms with Gasteiger partial charge in [0.2, 0.25) is 15.8 Å². The number of halogens is 1. The molecule has 0 saturated heterocycles. The van der Waals surface area contributed by atoms with E-state index < -0.39 is 43.5 Å². The lowest BCUT2D eigenvalue weighted by Crippen LogP contribution is -2.44. The van der Waals surface area contributed by atoms with E-state index in [0.29, 0.717) is 18.9 Å². The van der Waals surface area contributed by atoms with Crippen LogP contribution in [0.1, 0.15) is 25.7 Å². The van der Waals surface area contributed by atoms with Crippen molar-refractivity contribution in [3.8, 4) is 0 Å². The third kappa shape index (κ3) is 3.55. The van der Waals surface area contributed by atoms with E-state index in [2.05, 4.69) is 4.72 Å². The second kappa shape index (κ2) is 6.04. The molecule has 0 aliphatic heterocycles. The predicted octanol–water partition coefficient (Wildman–Crippen LogP) is 1.32. The summed E-state index contributed by atoms with van der Waals surface area (Å²) in [6.07, 6.45) is 1.83. The van der Waals surface area contributed by atoms with Gasteiger partial charge in [0, 0.05) is 18.2 Å². The van der Waals surface area contributed by atoms with Crippen molar-refractivity contribution in [1.82, 2.24) is 4.72 Å². The van der Waals surface area contributed by atoms with Gasteiger partial charge in [0.25, 0.3) is 0 Å². The molecule has 9 heteroatoms. The Hall–Kier alpha value is -1.58. The van der Waals surface area contributed by atoms with E-state index in [4.69, 9.17) is 0 Å². The van der Waals surface area contributed by atoms with Crippen LogP contribution in [0.5, 0.6) is 0 Å². The van der Waals surface area contributed by atoms with Crippen LogP contribution in [0.25, 0.3) is 0 Å². The lowest BCUT2D eigenvalue weighted by atomic mass is 9.93. The van der Waals surface area contributed by atoms with Crippen molar-refractivity contribution in [3.63, 3.8) is 0 Å². The SMILES string of the molecule is O=[N+]([O-])c1ccc(S(=O)(=O)N[C@H]2CCCC[C@@H]2O)cc1F. The minimum atomic E-state index is -4.03. The van der Waals surface area contributed by atoms with Gasteiger partial charge in [-0.05, 0) is 18.9 Å². The molecular formula is C12H15FN2O5S. The number of nitrogens with one attached hydrogen (secondary N) is 1. The molecule has 0 aromatic heterocycles. The molecule has 0 spiro atoms. The van der Waals surface area contributed by atoms with Crippen molar-refractivity contribution in [2.45, 2.75) is 42.7 Å². The number of nitro groups is 1. The lowest BCUT2D eigenvalue weighted by Gasteiger charge is -2.28. The van der Waals surface area contributed by atoms with Gasteiger partial charge in [-0.15, -0.1) is 0 Å². The first-order valence-corrected chi connectivity index (χ1v) is 7.94. The molecule has 0 radical (unpaired) electrons. The normalized spacial score (nSPS) is 23.0. The van der Waals surface area contributed by atoms with Crippen LogP contribution in [0.15, 0.2) is 23.1 Å². The van der Waals surface area contributed by atoms with Crippen molar-refractivity contribution in [1.29, 1.82) is 0 Å². The summed E-state index contributed by atoms with van der Waals surface area (Å²) >= 11 is 0. The zero-order chi connectivity index (χ0) is 15.6. The Labute approximate surface area is 121 Å². The van der Waals surface area contributed by atoms with E-state index in [1.54, 1.807) is 0 Å². The van der Waals surface area contributed by atoms with E-state index in [9.17, 15) is 28.0 Å². The molecule has 1 saturated carbocycles. The summed E-state index contributed by atoms with van der Waals surface area (Å²) in [5.74, 6) is -1.22. The Morgan fingerprint density at radius 2 is 2.00 bits per heavy atom. The summed E-state index contributed by atoms with van der Waals surface area (Å²) in [5, 5.41) is 20.3. The molecule has 1 aliphatic rings. The minimum Gasteiger partial charge on any atom is -0.391 e. The molecule has 21 heavy (non-hydrogen) atoms. The van der Waals surface area contributed by atoms with Crippen LogP contribution in [0.3, 0.4) is 0 Å². The van der Waals surface area contributed by atoms with Gasteiger partial charge in [-0.1, -0.05) is 12.8 Å². The molecule has 0 unspecified atom stereocenters. The number of nitro benzene ring substituents is 1. The Morgan fingerprint density at radius 1 is 1.33 bits per heavy atom. The minimum absolute atomic E-state index is 0.400. The molecule has 116 valence electrons. The molecule has 2 N–H and O–H groups in total. The molecule has 1 fully saturated rings. The second-order valence-corrected chi connectivity index (χ2v) is 6.66. The fourth-order valence-electron chi connectivity index (χ4n) is 2.32. The van der Waals surface area contributed by atoms with Gasteiger partial charge >= 0.3 is 5.69 Å². The van der Waals surface area contributed by atoms with Crippen molar-refractivity contribution in [3.05, 3.63) is 34.1 Å². The van der Waals surface area contributed by atoms with Gasteiger partial charge in [0.05, 0.1) is 15.9 Å². The highest BCUT2D eigenvalue weighted by molar-refractivity contribution is 7.89. The van der Waals surface area contributed by atoms with Gasteiger partial charge < -0.3 is 5.11 Å². The Morgan fingerprint density at radius 3 is 2.57 bits per heavy atom. The molecule has 2 rings (SSSR count). The van der Waals surface area contributed by atoms with Crippen LogP contribution in [-0.2, 0) is 10.0 Å². The van der Waals surface area contributed by atoms with Crippen LogP contribution in [-0.4, -0.2) is 30.6 Å². The number of aliphatic hydroxyl groups excluding tert-OH is 1. The fraction of sp³-hybridized carbons (Fsp3) is 0.500. The monoisotopic (exact) mass is 318 g/mol. The first kappa shape index (κ1) is 15.8. The quantitative estimate of drug-likeness (QED) is 0.642. The van der Waals surface area contributed by atoms with E-state index in [1.165, 1.54) is 0 Å². The predicted molar refractivity (Wildman–Crippen MR) is 71.6 cm³/mol. The van der Waals surface area contributed by atoms with Crippen molar-refractivity contribution < 1.29 is 22.8 Å². The molecule has 1 aromatic rings. The van der Waals surface area contributed by atoms with E-state index >= 15 is 0 Å². The topological polar surface area (TPSA) is 110 Å². The Balaban J connectivity index is 2.23. The standard InChI is InChI=1S/C12H15FN2O5S/c13-9-7-8(5-6-11(9)15(17)18)21(19,20)14-10-3-1-2-4-12(10)16/h5-7,10,12,14,16H,1-4H2/t10-,12-/m0/s1. The zero-order valence-corrected chi connectivity index (χ0v) is 11.8. The number of nitrogens with zero attached hydrogens (tertiary/aromatic N) is 1. The summed E-state index contributed by atoms with van der Waals surface area (Å²) in [6.45, 7) is 0. The van der Waals surface area contributed by atoms with Crippen LogP contribution >= 0.6 is 0 Å². The summed E-state index contributed by atoms with van der Waals surface area (Å²) in [4.78, 5) is 9.18. The number of sulfonamides is 1. The first-order valence-electron chi connectivity index (χ1n) is 6.45. The Bertz CT molecular complexity index is 649. The molecule has 0 amide bonds. The molecule has 0 heterocycles. The first-order chi connectivity index (χ1) is 9.81. The van der Waals surface area contributed by atoms with Crippen molar-refractivity contribution in [2.24, 2.45) is 0 Å². The van der Waals surface area contributed by atoms with Gasteiger partial charge in [0.1, 0.15) is 0 Å². The van der Waals surface area contributed by atoms with Gasteiger partial charge in [-0.2, -0.15) is 4.39 Å². The summed E-state index contributed by atoms with van der Waals surface area (Å²) in [5.41, 5.74) is -0.786. The molecule has 1 aromatic carbocycles. The zero-order valence-electron chi connectivity index (χ0n) is 11.0. The molecule has 1 aliphatic carbocycles. The summed E-state index contributed by atoms with van der Waals surface area (Å²) in [6, 6.07) is 1.76. The second-order valence-electron chi connectivity index (χ2n) is 4.95. The van der Waals surface area contributed by atoms with Crippen molar-refractivity contribution >= 4 is 15.7 Å². The largest absolute Gasteiger partial charge is 0.391 e. The molecule has 7 nitrogen and oxygen atoms in total. The van der Waals surface area contributed by atoms with Crippen LogP contribution in [0.2, 0.25) is 0 Å². The van der Waals surface area contributed by atoms with Gasteiger partial charge in [0.15, 0.2) is 0 Å². The highest BCUT2D eigenvalue weighted by atomic mass is 32.2. The highest BCUT2D eigenvalue weighted by Crippen LogP contribution is 2.23. The summed E-state index contributed by atoms with van der Waals surface area (Å²) < 4.78 is 40.1. The van der Waals surface area contributed by atoms with E-state index in [-0.39, 0.29) is 0 Å². The average Bonchev–Trinajstić information content (AvgIpc) is 2.40. The van der Waals surface area contributed by atoms with E-state index in [0.717, 1.165) is 25.0 Å². The van der Waals surface area contributed by atoms with Gasteiger partial charge in [-0.25, -0.2) is 13.1 Å². The van der Waals surface area contributed by atoms with E-state index in [1.807, 2.05) is 0 Å². The molecule has 2 atom stereocenters. The molecular weight excluding hydrogens is 303 g/mol. The smallest absolute Gasteiger partial charge is 0.304 e. The number of benzene rings is 1. The third-order valence-corrected chi connectivity index (χ3v) is 4.95. The van der Waals surface area contributed by atoms with Crippen molar-refractivity contribution in [2.75, 3.05) is 0 Å². The number of rotatable bonds is 4. The van der Waals surface area contributed by atoms with Crippen LogP contribution in [0, 0.1) is 15.9 Å². The van der Waals surface area contributed by atoms with Gasteiger partial charge in [-0.3, -0.25) is 10.1 Å². The maximum absolute atomic E-state index is 13.5. The number of aliphatic hydroxyl groups is 1. The summed E-state index contributed by atoms with van der Waals surface area (Å²) in [7, 11) is -4.03. The molecule has 0 bridgehead atoms. The number of hydrogen-bond acceptors (Lipinski definition) is 5. The number of hydrogen-bond donors (Lipinski definition) is 2. The highest BCUT2D eigenvalue weighted by Gasteiger charge is 2.29. The maximum atomic E-state index is 13.5. The fourth-order valence-corrected chi connectivity index (χ4v) is 3.63. The van der Waals surface area contributed by atoms with Crippen LogP contribution in [0.4, 0.5) is 10.1 Å². The third-order valence-electron chi connectivity index (χ3n) is 3.46. The maximum Gasteiger partial charge on any atom is 0.304 e. The average molecular weight is 318 g/mol. The lowest BCUT2D eigenvalue weighted by molar-refractivity contribution is -0.387.